The van der Waals surface area contributed by atoms with Gasteiger partial charge in [-0.3, -0.25) is 14.3 Å². The van der Waals surface area contributed by atoms with E-state index < -0.39 is 5.91 Å². The van der Waals surface area contributed by atoms with Gasteiger partial charge in [-0.25, -0.2) is 0 Å². The largest absolute Gasteiger partial charge is 0.493 e. The van der Waals surface area contributed by atoms with Crippen molar-refractivity contribution in [3.05, 3.63) is 40.7 Å². The van der Waals surface area contributed by atoms with Crippen molar-refractivity contribution in [3.63, 3.8) is 0 Å². The molecule has 0 spiro atoms. The molecule has 7 nitrogen and oxygen atoms in total. The third-order valence-corrected chi connectivity index (χ3v) is 3.51. The number of anilines is 1. The Hall–Kier alpha value is -2.54. The van der Waals surface area contributed by atoms with E-state index in [0.717, 1.165) is 0 Å². The van der Waals surface area contributed by atoms with Crippen molar-refractivity contribution < 1.29 is 14.3 Å². The second kappa shape index (κ2) is 7.15. The third-order valence-electron chi connectivity index (χ3n) is 3.25. The van der Waals surface area contributed by atoms with Crippen LogP contribution in [0.5, 0.6) is 5.75 Å². The Morgan fingerprint density at radius 1 is 1.35 bits per heavy atom. The highest BCUT2D eigenvalue weighted by molar-refractivity contribution is 6.33. The van der Waals surface area contributed by atoms with Gasteiger partial charge in [0.1, 0.15) is 5.75 Å². The first-order valence-electron chi connectivity index (χ1n) is 6.90. The second-order valence-corrected chi connectivity index (χ2v) is 5.28. The maximum atomic E-state index is 12.3. The molecule has 3 N–H and O–H groups in total. The minimum absolute atomic E-state index is 0.150. The molecule has 122 valence electrons. The number of nitrogens with zero attached hydrogens (tertiary/aromatic N) is 2. The highest BCUT2D eigenvalue weighted by Gasteiger charge is 2.18. The summed E-state index contributed by atoms with van der Waals surface area (Å²) in [4.78, 5) is 22.9. The molecular formula is C15H17ClN4O3. The number of hydrogen-bond acceptors (Lipinski definition) is 4. The van der Waals surface area contributed by atoms with Crippen molar-refractivity contribution >= 4 is 29.1 Å². The summed E-state index contributed by atoms with van der Waals surface area (Å²) in [5.41, 5.74) is 6.65. The summed E-state index contributed by atoms with van der Waals surface area (Å²) in [6.07, 6.45) is 0.150. The average molecular weight is 337 g/mol. The highest BCUT2D eigenvalue weighted by atomic mass is 35.5. The average Bonchev–Trinajstić information content (AvgIpc) is 2.73. The number of halogens is 1. The van der Waals surface area contributed by atoms with Gasteiger partial charge in [-0.2, -0.15) is 5.10 Å². The fraction of sp³-hybridized carbons (Fsp3) is 0.267. The smallest absolute Gasteiger partial charge is 0.260 e. The van der Waals surface area contributed by atoms with Gasteiger partial charge in [-0.15, -0.1) is 0 Å². The molecule has 0 aliphatic carbocycles. The highest BCUT2D eigenvalue weighted by Crippen LogP contribution is 2.21. The normalized spacial score (nSPS) is 10.4. The van der Waals surface area contributed by atoms with Crippen LogP contribution in [0.25, 0.3) is 0 Å². The van der Waals surface area contributed by atoms with Crippen LogP contribution in [0, 0.1) is 6.92 Å². The van der Waals surface area contributed by atoms with Crippen LogP contribution in [0.2, 0.25) is 5.15 Å². The van der Waals surface area contributed by atoms with Gasteiger partial charge in [0.25, 0.3) is 5.91 Å². The lowest BCUT2D eigenvalue weighted by Gasteiger charge is -2.08. The summed E-state index contributed by atoms with van der Waals surface area (Å²) in [6, 6.07) is 6.76. The number of carbonyl (C=O) groups is 2. The van der Waals surface area contributed by atoms with Gasteiger partial charge in [0.05, 0.1) is 18.6 Å². The van der Waals surface area contributed by atoms with Crippen molar-refractivity contribution in [1.29, 1.82) is 0 Å². The quantitative estimate of drug-likeness (QED) is 0.841. The summed E-state index contributed by atoms with van der Waals surface area (Å²) >= 11 is 5.97. The lowest BCUT2D eigenvalue weighted by Crippen LogP contribution is -2.15. The lowest BCUT2D eigenvalue weighted by atomic mass is 10.2. The van der Waals surface area contributed by atoms with Crippen LogP contribution in [-0.2, 0) is 11.8 Å². The van der Waals surface area contributed by atoms with Crippen molar-refractivity contribution in [2.24, 2.45) is 12.8 Å². The fourth-order valence-corrected chi connectivity index (χ4v) is 2.26. The Labute approximate surface area is 138 Å². The van der Waals surface area contributed by atoms with E-state index in [4.69, 9.17) is 22.1 Å². The van der Waals surface area contributed by atoms with Crippen molar-refractivity contribution in [2.75, 3.05) is 11.9 Å². The molecule has 1 aromatic heterocycles. The number of primary amides is 1. The van der Waals surface area contributed by atoms with Crippen molar-refractivity contribution in [1.82, 2.24) is 9.78 Å². The maximum Gasteiger partial charge on any atom is 0.260 e. The molecular weight excluding hydrogens is 320 g/mol. The lowest BCUT2D eigenvalue weighted by molar-refractivity contribution is -0.118. The van der Waals surface area contributed by atoms with Gasteiger partial charge in [-0.05, 0) is 31.2 Å². The molecule has 1 aromatic carbocycles. The third kappa shape index (κ3) is 4.23. The van der Waals surface area contributed by atoms with Crippen LogP contribution in [0.15, 0.2) is 24.3 Å². The fourth-order valence-electron chi connectivity index (χ4n) is 1.92. The predicted molar refractivity (Wildman–Crippen MR) is 86.7 cm³/mol. The molecule has 8 heteroatoms. The number of benzene rings is 1. The van der Waals surface area contributed by atoms with Crippen LogP contribution in [-0.4, -0.2) is 28.2 Å². The molecule has 0 fully saturated rings. The van der Waals surface area contributed by atoms with Crippen LogP contribution in [0.1, 0.15) is 22.5 Å². The number of hydrogen-bond donors (Lipinski definition) is 2. The number of rotatable bonds is 6. The number of nitrogens with one attached hydrogen (secondary N) is 1. The van der Waals surface area contributed by atoms with Crippen LogP contribution in [0.3, 0.4) is 0 Å². The molecule has 23 heavy (non-hydrogen) atoms. The zero-order valence-electron chi connectivity index (χ0n) is 12.8. The maximum absolute atomic E-state index is 12.3. The molecule has 0 aliphatic rings. The SMILES string of the molecule is Cc1c(C(=O)Nc2ccc(OCCC(N)=O)cc2)c(Cl)nn1C. The van der Waals surface area contributed by atoms with E-state index in [1.165, 1.54) is 0 Å². The summed E-state index contributed by atoms with van der Waals surface area (Å²) in [6.45, 7) is 1.98. The molecule has 2 aromatic rings. The summed E-state index contributed by atoms with van der Waals surface area (Å²) in [7, 11) is 1.72. The van der Waals surface area contributed by atoms with E-state index in [1.54, 1.807) is 42.9 Å². The molecule has 0 radical (unpaired) electrons. The molecule has 0 bridgehead atoms. The minimum Gasteiger partial charge on any atom is -0.493 e. The standard InChI is InChI=1S/C15H17ClN4O3/c1-9-13(14(16)19-20(9)2)15(22)18-10-3-5-11(6-4-10)23-8-7-12(17)21/h3-6H,7-8H2,1-2H3,(H2,17,21)(H,18,22). The second-order valence-electron chi connectivity index (χ2n) is 4.92. The van der Waals surface area contributed by atoms with Crippen LogP contribution >= 0.6 is 11.6 Å². The first kappa shape index (κ1) is 16.8. The van der Waals surface area contributed by atoms with Crippen molar-refractivity contribution in [3.8, 4) is 5.75 Å². The number of ether oxygens (including phenoxy) is 1. The Balaban J connectivity index is 2.00. The van der Waals surface area contributed by atoms with Gasteiger partial charge >= 0.3 is 0 Å². The molecule has 2 amide bonds. The van der Waals surface area contributed by atoms with E-state index in [1.807, 2.05) is 0 Å². The zero-order chi connectivity index (χ0) is 17.0. The Morgan fingerprint density at radius 3 is 2.52 bits per heavy atom. The zero-order valence-corrected chi connectivity index (χ0v) is 13.6. The predicted octanol–water partition coefficient (Wildman–Crippen LogP) is 1.89. The topological polar surface area (TPSA) is 99.2 Å². The first-order chi connectivity index (χ1) is 10.9. The molecule has 2 rings (SSSR count). The number of amides is 2. The van der Waals surface area contributed by atoms with Gasteiger partial charge < -0.3 is 15.8 Å². The summed E-state index contributed by atoms with van der Waals surface area (Å²) < 4.78 is 6.90. The first-order valence-corrected chi connectivity index (χ1v) is 7.28. The summed E-state index contributed by atoms with van der Waals surface area (Å²) in [5, 5.41) is 6.91. The number of aryl methyl sites for hydroxylation is 1. The van der Waals surface area contributed by atoms with E-state index in [-0.39, 0.29) is 24.1 Å². The minimum atomic E-state index is -0.419. The monoisotopic (exact) mass is 336 g/mol. The van der Waals surface area contributed by atoms with Gasteiger partial charge in [0.2, 0.25) is 5.91 Å². The molecule has 0 saturated carbocycles. The van der Waals surface area contributed by atoms with Gasteiger partial charge in [0, 0.05) is 18.4 Å². The van der Waals surface area contributed by atoms with E-state index >= 15 is 0 Å². The van der Waals surface area contributed by atoms with Gasteiger partial charge in [0.15, 0.2) is 5.15 Å². The number of carbonyl (C=O) groups excluding carboxylic acids is 2. The Morgan fingerprint density at radius 2 is 2.00 bits per heavy atom. The molecule has 0 saturated heterocycles. The number of nitrogens with two attached hydrogens (primary N) is 1. The summed E-state index contributed by atoms with van der Waals surface area (Å²) in [5.74, 6) is -0.166. The molecule has 0 unspecified atom stereocenters. The molecule has 1 heterocycles. The van der Waals surface area contributed by atoms with Crippen molar-refractivity contribution in [2.45, 2.75) is 13.3 Å². The Bertz CT molecular complexity index is 725. The Kier molecular flexibility index (Phi) is 5.23. The van der Waals surface area contributed by atoms with E-state index in [2.05, 4.69) is 10.4 Å². The molecule has 0 atom stereocenters. The van der Waals surface area contributed by atoms with Gasteiger partial charge in [-0.1, -0.05) is 11.6 Å². The van der Waals surface area contributed by atoms with E-state index in [0.29, 0.717) is 22.7 Å². The van der Waals surface area contributed by atoms with E-state index in [9.17, 15) is 9.59 Å². The molecule has 0 aliphatic heterocycles. The van der Waals surface area contributed by atoms with Crippen LogP contribution in [0.4, 0.5) is 5.69 Å². The number of aromatic nitrogens is 2. The van der Waals surface area contributed by atoms with Crippen LogP contribution < -0.4 is 15.8 Å².